The first kappa shape index (κ1) is 30.6. The summed E-state index contributed by atoms with van der Waals surface area (Å²) in [6.45, 7) is 0. The van der Waals surface area contributed by atoms with E-state index in [-0.39, 0.29) is 0 Å². The zero-order chi connectivity index (χ0) is 27.3. The van der Waals surface area contributed by atoms with Gasteiger partial charge in [0.25, 0.3) is 0 Å². The molecule has 0 heterocycles. The summed E-state index contributed by atoms with van der Waals surface area (Å²) >= 11 is 0. The molecule has 0 spiro atoms. The van der Waals surface area contributed by atoms with Crippen LogP contribution in [0.4, 0.5) is 79.0 Å². The number of halogens is 18. The molecule has 0 aliphatic heterocycles. The minimum Gasteiger partial charge on any atom is -0.389 e. The van der Waals surface area contributed by atoms with Crippen LogP contribution in [0, 0.1) is 0 Å². The number of rotatable bonds is 8. The Bertz CT molecular complexity index is 687. The lowest BCUT2D eigenvalue weighted by atomic mass is 10.3. The van der Waals surface area contributed by atoms with Crippen LogP contribution in [0.3, 0.4) is 0 Å². The zero-order valence-corrected chi connectivity index (χ0v) is 13.8. The van der Waals surface area contributed by atoms with Gasteiger partial charge in [0.2, 0.25) is 0 Å². The molecule has 23 heteroatoms. The molecule has 0 atom stereocenters. The van der Waals surface area contributed by atoms with Gasteiger partial charge < -0.3 is 9.47 Å². The fourth-order valence-electron chi connectivity index (χ4n) is 0.991. The molecule has 0 saturated carbocycles. The van der Waals surface area contributed by atoms with Crippen molar-refractivity contribution in [1.29, 1.82) is 0 Å². The van der Waals surface area contributed by atoms with Crippen molar-refractivity contribution in [1.82, 2.24) is 0 Å². The third-order valence-corrected chi connectivity index (χ3v) is 2.60. The fraction of sp³-hybridized carbons (Fsp3) is 0.800. The van der Waals surface area contributed by atoms with Gasteiger partial charge in [-0.2, -0.15) is 79.0 Å². The maximum absolute atomic E-state index is 13.0. The summed E-state index contributed by atoms with van der Waals surface area (Å²) in [5, 5.41) is 0. The third kappa shape index (κ3) is 5.96. The van der Waals surface area contributed by atoms with E-state index in [4.69, 9.17) is 0 Å². The van der Waals surface area contributed by atoms with Crippen molar-refractivity contribution in [2.75, 3.05) is 0 Å². The third-order valence-electron chi connectivity index (χ3n) is 2.60. The van der Waals surface area contributed by atoms with Crippen molar-refractivity contribution in [3.8, 4) is 0 Å². The van der Waals surface area contributed by atoms with Crippen LogP contribution in [-0.4, -0.2) is 60.6 Å². The van der Waals surface area contributed by atoms with E-state index >= 15 is 0 Å². The number of ether oxygens (including phenoxy) is 3. The summed E-state index contributed by atoms with van der Waals surface area (Å²) < 4.78 is 229. The van der Waals surface area contributed by atoms with E-state index in [9.17, 15) is 88.6 Å². The van der Waals surface area contributed by atoms with Crippen molar-refractivity contribution < 1.29 is 103 Å². The van der Waals surface area contributed by atoms with E-state index in [1.165, 1.54) is 4.74 Å². The Hall–Kier alpha value is -2.36. The smallest absolute Gasteiger partial charge is 0.389 e. The molecule has 0 aliphatic carbocycles. The second kappa shape index (κ2) is 8.14. The monoisotopic (exact) mass is 542 g/mol. The van der Waals surface area contributed by atoms with Gasteiger partial charge in [-0.25, -0.2) is 14.3 Å². The molecule has 0 aromatic rings. The van der Waals surface area contributed by atoms with Crippen molar-refractivity contribution in [3.05, 3.63) is 0 Å². The summed E-state index contributed by atoms with van der Waals surface area (Å²) in [6.07, 6.45) is -44.1. The molecule has 0 N–H and O–H groups in total. The summed E-state index contributed by atoms with van der Waals surface area (Å²) in [7, 11) is 0. The Balaban J connectivity index is 5.83. The second-order valence-electron chi connectivity index (χ2n) is 5.09. The van der Waals surface area contributed by atoms with Gasteiger partial charge in [0.05, 0.1) is 0 Å². The topological polar surface area (TPSA) is 61.8 Å². The molecule has 0 aromatic carbocycles. The average Bonchev–Trinajstić information content (AvgIpc) is 2.50. The molecule has 0 amide bonds. The summed E-state index contributed by atoms with van der Waals surface area (Å²) in [6, 6.07) is 0. The molecule has 0 aromatic heterocycles. The first-order chi connectivity index (χ1) is 14.0. The summed E-state index contributed by atoms with van der Waals surface area (Å²) in [5.41, 5.74) is 0. The molecular weight excluding hydrogens is 542 g/mol. The Morgan fingerprint density at radius 1 is 0.394 bits per heavy atom. The van der Waals surface area contributed by atoms with Crippen molar-refractivity contribution >= 4 is 11.9 Å². The zero-order valence-electron chi connectivity index (χ0n) is 13.8. The van der Waals surface area contributed by atoms with Crippen LogP contribution in [0.2, 0.25) is 0 Å². The van der Waals surface area contributed by atoms with E-state index in [2.05, 4.69) is 0 Å². The van der Waals surface area contributed by atoms with Crippen LogP contribution in [0.5, 0.6) is 0 Å². The highest BCUT2D eigenvalue weighted by atomic mass is 19.4. The molecule has 33 heavy (non-hydrogen) atoms. The van der Waals surface area contributed by atoms with Crippen LogP contribution in [0.25, 0.3) is 0 Å². The van der Waals surface area contributed by atoms with Crippen LogP contribution >= 0.6 is 0 Å². The van der Waals surface area contributed by atoms with Crippen molar-refractivity contribution in [3.63, 3.8) is 0 Å². The van der Waals surface area contributed by atoms with Gasteiger partial charge in [0, 0.05) is 0 Å². The molecule has 0 saturated heterocycles. The maximum atomic E-state index is 13.0. The number of hydrogen-bond donors (Lipinski definition) is 0. The van der Waals surface area contributed by atoms with E-state index in [0.29, 0.717) is 0 Å². The lowest BCUT2D eigenvalue weighted by molar-refractivity contribution is -0.520. The van der Waals surface area contributed by atoms with Crippen LogP contribution in [-0.2, 0) is 23.8 Å². The predicted octanol–water partition coefficient (Wildman–Crippen LogP) is 4.86. The van der Waals surface area contributed by atoms with Gasteiger partial charge in [-0.05, 0) is 0 Å². The quantitative estimate of drug-likeness (QED) is 0.324. The van der Waals surface area contributed by atoms with E-state index in [1.807, 2.05) is 0 Å². The first-order valence-electron chi connectivity index (χ1n) is 6.53. The van der Waals surface area contributed by atoms with Crippen LogP contribution in [0.1, 0.15) is 0 Å². The molecular formula is C10F18O5. The van der Waals surface area contributed by atoms with E-state index in [1.54, 1.807) is 9.47 Å². The molecule has 196 valence electrons. The van der Waals surface area contributed by atoms with E-state index in [0.717, 1.165) is 0 Å². The second-order valence-corrected chi connectivity index (χ2v) is 5.09. The van der Waals surface area contributed by atoms with Crippen LogP contribution < -0.4 is 0 Å². The highest BCUT2D eigenvalue weighted by Gasteiger charge is 2.76. The maximum Gasteiger partial charge on any atom is 0.496 e. The van der Waals surface area contributed by atoms with Crippen LogP contribution in [0.15, 0.2) is 0 Å². The number of alkyl halides is 18. The minimum atomic E-state index is -7.55. The number of carbonyl (C=O) groups is 2. The molecule has 5 nitrogen and oxygen atoms in total. The first-order valence-corrected chi connectivity index (χ1v) is 6.53. The molecule has 0 unspecified atom stereocenters. The van der Waals surface area contributed by atoms with Crippen molar-refractivity contribution in [2.45, 2.75) is 48.6 Å². The number of carbonyl (C=O) groups excluding carboxylic acids is 2. The van der Waals surface area contributed by atoms with Gasteiger partial charge in [-0.3, -0.25) is 0 Å². The molecule has 0 bridgehead atoms. The molecule has 0 rings (SSSR count). The standard InChI is InChI=1S/C10F18O5/c11-3(12,5(15,16)17)1(29)31-7(21,22)9(25,26)33-10(27,28)8(23,24)32-2(30)4(13,14)6(18,19)20. The normalized spacial score (nSPS) is 15.3. The van der Waals surface area contributed by atoms with Gasteiger partial charge in [-0.1, -0.05) is 0 Å². The highest BCUT2D eigenvalue weighted by molar-refractivity contribution is 5.79. The fourth-order valence-corrected chi connectivity index (χ4v) is 0.991. The van der Waals surface area contributed by atoms with Gasteiger partial charge in [-0.15, -0.1) is 0 Å². The Labute approximate surface area is 165 Å². The highest BCUT2D eigenvalue weighted by Crippen LogP contribution is 2.48. The Kier molecular flexibility index (Phi) is 7.56. The molecule has 0 radical (unpaired) electrons. The van der Waals surface area contributed by atoms with Crippen molar-refractivity contribution in [2.24, 2.45) is 0 Å². The summed E-state index contributed by atoms with van der Waals surface area (Å²) in [4.78, 5) is 20.7. The lowest BCUT2D eigenvalue weighted by Gasteiger charge is -2.32. The largest absolute Gasteiger partial charge is 0.496 e. The Morgan fingerprint density at radius 2 is 0.606 bits per heavy atom. The lowest BCUT2D eigenvalue weighted by Crippen LogP contribution is -2.58. The average molecular weight is 542 g/mol. The minimum absolute atomic E-state index is 1.38. The van der Waals surface area contributed by atoms with Gasteiger partial charge >= 0.3 is 60.6 Å². The van der Waals surface area contributed by atoms with Gasteiger partial charge in [0.15, 0.2) is 0 Å². The van der Waals surface area contributed by atoms with Gasteiger partial charge in [0.1, 0.15) is 0 Å². The number of hydrogen-bond acceptors (Lipinski definition) is 5. The van der Waals surface area contributed by atoms with E-state index < -0.39 is 60.6 Å². The Morgan fingerprint density at radius 3 is 0.788 bits per heavy atom. The number of esters is 2. The predicted molar refractivity (Wildman–Crippen MR) is 55.1 cm³/mol. The molecule has 0 fully saturated rings. The molecule has 0 aliphatic rings. The summed E-state index contributed by atoms with van der Waals surface area (Å²) in [5.74, 6) is -23.3. The SMILES string of the molecule is O=C(OC(F)(F)C(F)(F)OC(F)(F)C(F)(F)OC(=O)C(F)(F)C(F)(F)F)C(F)(F)C(F)(F)F.